The molecule has 1 saturated heterocycles. The Morgan fingerprint density at radius 2 is 2.21 bits per heavy atom. The van der Waals surface area contributed by atoms with Crippen LogP contribution in [0, 0.1) is 0 Å². The number of ether oxygens (including phenoxy) is 1. The van der Waals surface area contributed by atoms with Crippen molar-refractivity contribution in [3.05, 3.63) is 29.8 Å². The van der Waals surface area contributed by atoms with Crippen LogP contribution in [0.2, 0.25) is 0 Å². The number of aliphatic hydroxyl groups is 1. The average Bonchev–Trinajstić information content (AvgIpc) is 2.39. The minimum Gasteiger partial charge on any atom is -0.491 e. The number of carboxylic acids is 1. The van der Waals surface area contributed by atoms with Crippen molar-refractivity contribution in [2.24, 2.45) is 0 Å². The molecule has 0 saturated carbocycles. The van der Waals surface area contributed by atoms with Gasteiger partial charge in [0.15, 0.2) is 0 Å². The predicted molar refractivity (Wildman–Crippen MR) is 70.6 cm³/mol. The summed E-state index contributed by atoms with van der Waals surface area (Å²) in [4.78, 5) is 13.1. The van der Waals surface area contributed by atoms with Gasteiger partial charge in [0.1, 0.15) is 17.9 Å². The number of hydrogen-bond acceptors (Lipinski definition) is 4. The first-order chi connectivity index (χ1) is 9.16. The van der Waals surface area contributed by atoms with E-state index in [2.05, 4.69) is 4.90 Å². The van der Waals surface area contributed by atoms with Crippen LogP contribution in [0.25, 0.3) is 0 Å². The Labute approximate surface area is 112 Å². The third-order valence-corrected chi connectivity index (χ3v) is 3.26. The summed E-state index contributed by atoms with van der Waals surface area (Å²) in [6, 6.07) is 6.63. The highest BCUT2D eigenvalue weighted by Gasteiger charge is 2.17. The molecule has 1 atom stereocenters. The molecular formula is C14H19NO4. The molecule has 0 spiro atoms. The minimum absolute atomic E-state index is 0.182. The lowest BCUT2D eigenvalue weighted by molar-refractivity contribution is 0.0626. The number of rotatable bonds is 5. The molecule has 1 heterocycles. The quantitative estimate of drug-likeness (QED) is 0.837. The number of likely N-dealkylation sites (tertiary alicyclic amines) is 1. The van der Waals surface area contributed by atoms with E-state index in [0.717, 1.165) is 19.4 Å². The molecule has 104 valence electrons. The van der Waals surface area contributed by atoms with Crippen molar-refractivity contribution in [1.29, 1.82) is 0 Å². The van der Waals surface area contributed by atoms with E-state index in [0.29, 0.717) is 25.4 Å². The Bertz CT molecular complexity index is 435. The molecule has 0 amide bonds. The molecular weight excluding hydrogens is 246 g/mol. The maximum Gasteiger partial charge on any atom is 0.339 e. The molecule has 19 heavy (non-hydrogen) atoms. The Kier molecular flexibility index (Phi) is 4.76. The number of nitrogens with zero attached hydrogens (tertiary/aromatic N) is 1. The summed E-state index contributed by atoms with van der Waals surface area (Å²) < 4.78 is 5.53. The van der Waals surface area contributed by atoms with Crippen molar-refractivity contribution < 1.29 is 19.7 Å². The molecule has 0 aliphatic carbocycles. The molecule has 0 aromatic heterocycles. The highest BCUT2D eigenvalue weighted by atomic mass is 16.5. The zero-order valence-corrected chi connectivity index (χ0v) is 10.8. The van der Waals surface area contributed by atoms with Gasteiger partial charge in [-0.15, -0.1) is 0 Å². The molecule has 1 fully saturated rings. The second-order valence-electron chi connectivity index (χ2n) is 4.75. The standard InChI is InChI=1S/C14H19NO4/c16-11-4-3-7-15(10-11)8-9-19-13-6-2-1-5-12(13)14(17)18/h1-2,5-6,11,16H,3-4,7-10H2,(H,17,18). The molecule has 2 N–H and O–H groups in total. The topological polar surface area (TPSA) is 70.0 Å². The average molecular weight is 265 g/mol. The van der Waals surface area contributed by atoms with Crippen molar-refractivity contribution in [3.63, 3.8) is 0 Å². The van der Waals surface area contributed by atoms with E-state index in [4.69, 9.17) is 9.84 Å². The molecule has 0 bridgehead atoms. The van der Waals surface area contributed by atoms with Gasteiger partial charge in [0.2, 0.25) is 0 Å². The molecule has 5 heteroatoms. The van der Waals surface area contributed by atoms with E-state index in [1.165, 1.54) is 6.07 Å². The van der Waals surface area contributed by atoms with Crippen LogP contribution in [0.15, 0.2) is 24.3 Å². The number of hydrogen-bond donors (Lipinski definition) is 2. The summed E-state index contributed by atoms with van der Waals surface area (Å²) in [5.74, 6) is -0.587. The first-order valence-corrected chi connectivity index (χ1v) is 6.52. The van der Waals surface area contributed by atoms with Gasteiger partial charge in [-0.25, -0.2) is 4.79 Å². The largest absolute Gasteiger partial charge is 0.491 e. The van der Waals surface area contributed by atoms with Crippen LogP contribution < -0.4 is 4.74 Å². The number of carbonyl (C=O) groups is 1. The monoisotopic (exact) mass is 265 g/mol. The molecule has 0 radical (unpaired) electrons. The molecule has 1 aliphatic heterocycles. The first-order valence-electron chi connectivity index (χ1n) is 6.52. The Balaban J connectivity index is 1.84. The third-order valence-electron chi connectivity index (χ3n) is 3.26. The smallest absolute Gasteiger partial charge is 0.339 e. The lowest BCUT2D eigenvalue weighted by Crippen LogP contribution is -2.40. The van der Waals surface area contributed by atoms with E-state index >= 15 is 0 Å². The Morgan fingerprint density at radius 3 is 2.95 bits per heavy atom. The lowest BCUT2D eigenvalue weighted by atomic mass is 10.1. The van der Waals surface area contributed by atoms with Gasteiger partial charge < -0.3 is 14.9 Å². The fourth-order valence-electron chi connectivity index (χ4n) is 2.29. The number of benzene rings is 1. The van der Waals surface area contributed by atoms with Gasteiger partial charge >= 0.3 is 5.97 Å². The zero-order chi connectivity index (χ0) is 13.7. The number of β-amino-alcohol motifs (C(OH)–C–C–N with tert-alkyl or cyclic N) is 1. The van der Waals surface area contributed by atoms with Crippen LogP contribution in [0.4, 0.5) is 0 Å². The molecule has 1 aromatic carbocycles. The summed E-state index contributed by atoms with van der Waals surface area (Å²) in [5, 5.41) is 18.6. The van der Waals surface area contributed by atoms with Crippen molar-refractivity contribution in [3.8, 4) is 5.75 Å². The zero-order valence-electron chi connectivity index (χ0n) is 10.8. The second-order valence-corrected chi connectivity index (χ2v) is 4.75. The predicted octanol–water partition coefficient (Wildman–Crippen LogP) is 1.22. The summed E-state index contributed by atoms with van der Waals surface area (Å²) in [7, 11) is 0. The van der Waals surface area contributed by atoms with E-state index in [-0.39, 0.29) is 11.7 Å². The fourth-order valence-corrected chi connectivity index (χ4v) is 2.29. The van der Waals surface area contributed by atoms with Crippen LogP contribution in [-0.2, 0) is 0 Å². The number of aliphatic hydroxyl groups excluding tert-OH is 1. The van der Waals surface area contributed by atoms with E-state index in [9.17, 15) is 9.90 Å². The van der Waals surface area contributed by atoms with Crippen molar-refractivity contribution in [2.75, 3.05) is 26.2 Å². The normalized spacial score (nSPS) is 20.2. The van der Waals surface area contributed by atoms with Crippen LogP contribution in [0.1, 0.15) is 23.2 Å². The maximum absolute atomic E-state index is 11.0. The molecule has 2 rings (SSSR count). The SMILES string of the molecule is O=C(O)c1ccccc1OCCN1CCCC(O)C1. The van der Waals surface area contributed by atoms with Gasteiger partial charge in [-0.2, -0.15) is 0 Å². The Morgan fingerprint density at radius 1 is 1.42 bits per heavy atom. The summed E-state index contributed by atoms with van der Waals surface area (Å²) >= 11 is 0. The van der Waals surface area contributed by atoms with E-state index in [1.807, 2.05) is 0 Å². The fraction of sp³-hybridized carbons (Fsp3) is 0.500. The maximum atomic E-state index is 11.0. The highest BCUT2D eigenvalue weighted by molar-refractivity contribution is 5.90. The number of aromatic carboxylic acids is 1. The first kappa shape index (κ1) is 13.8. The van der Waals surface area contributed by atoms with Crippen LogP contribution in [-0.4, -0.2) is 53.4 Å². The lowest BCUT2D eigenvalue weighted by Gasteiger charge is -2.29. The van der Waals surface area contributed by atoms with Crippen molar-refractivity contribution in [1.82, 2.24) is 4.90 Å². The van der Waals surface area contributed by atoms with E-state index in [1.54, 1.807) is 18.2 Å². The number of carboxylic acid groups (broad SMARTS) is 1. The van der Waals surface area contributed by atoms with Crippen molar-refractivity contribution in [2.45, 2.75) is 18.9 Å². The summed E-state index contributed by atoms with van der Waals surface area (Å²) in [5.41, 5.74) is 0.182. The van der Waals surface area contributed by atoms with Crippen LogP contribution in [0.5, 0.6) is 5.75 Å². The minimum atomic E-state index is -0.982. The molecule has 5 nitrogen and oxygen atoms in total. The Hall–Kier alpha value is -1.59. The van der Waals surface area contributed by atoms with Gasteiger partial charge in [0.05, 0.1) is 6.10 Å². The van der Waals surface area contributed by atoms with Gasteiger partial charge in [0.25, 0.3) is 0 Å². The number of para-hydroxylation sites is 1. The summed E-state index contributed by atoms with van der Waals surface area (Å²) in [6.45, 7) is 2.76. The molecule has 1 unspecified atom stereocenters. The van der Waals surface area contributed by atoms with Crippen molar-refractivity contribution >= 4 is 5.97 Å². The number of piperidine rings is 1. The van der Waals surface area contributed by atoms with Gasteiger partial charge in [0, 0.05) is 13.1 Å². The molecule has 1 aliphatic rings. The van der Waals surface area contributed by atoms with Crippen LogP contribution >= 0.6 is 0 Å². The highest BCUT2D eigenvalue weighted by Crippen LogP contribution is 2.18. The van der Waals surface area contributed by atoms with Gasteiger partial charge in [-0.3, -0.25) is 4.90 Å². The van der Waals surface area contributed by atoms with Gasteiger partial charge in [-0.05, 0) is 31.5 Å². The van der Waals surface area contributed by atoms with Gasteiger partial charge in [-0.1, -0.05) is 12.1 Å². The summed E-state index contributed by atoms with van der Waals surface area (Å²) in [6.07, 6.45) is 1.60. The third kappa shape index (κ3) is 3.94. The second kappa shape index (κ2) is 6.54. The molecule has 1 aromatic rings. The van der Waals surface area contributed by atoms with E-state index < -0.39 is 5.97 Å². The van der Waals surface area contributed by atoms with Crippen LogP contribution in [0.3, 0.4) is 0 Å².